The Hall–Kier alpha value is -1.13. The maximum atomic E-state index is 10.2. The summed E-state index contributed by atoms with van der Waals surface area (Å²) in [6, 6.07) is 4.15. The highest BCUT2D eigenvalue weighted by Gasteiger charge is 2.36. The second kappa shape index (κ2) is 4.46. The van der Waals surface area contributed by atoms with Crippen LogP contribution in [0.1, 0.15) is 25.1 Å². The van der Waals surface area contributed by atoms with E-state index in [2.05, 4.69) is 22.3 Å². The van der Waals surface area contributed by atoms with E-state index in [1.54, 1.807) is 13.8 Å². The zero-order valence-corrected chi connectivity index (χ0v) is 12.0. The van der Waals surface area contributed by atoms with Crippen LogP contribution in [0.25, 0.3) is 0 Å². The van der Waals surface area contributed by atoms with Crippen molar-refractivity contribution in [2.45, 2.75) is 26.4 Å². The minimum Gasteiger partial charge on any atom is -0.384 e. The molecule has 2 saturated heterocycles. The number of anilines is 1. The predicted octanol–water partition coefficient (Wildman–Crippen LogP) is 1.27. The van der Waals surface area contributed by atoms with E-state index in [1.165, 1.54) is 0 Å². The summed E-state index contributed by atoms with van der Waals surface area (Å²) in [6.45, 7) is 10.0. The van der Waals surface area contributed by atoms with Crippen LogP contribution in [0.2, 0.25) is 0 Å². The van der Waals surface area contributed by atoms with Crippen LogP contribution in [0.4, 0.5) is 5.82 Å². The number of hydrogen-bond acceptors (Lipinski definition) is 4. The monoisotopic (exact) mass is 261 g/mol. The van der Waals surface area contributed by atoms with Crippen LogP contribution in [-0.4, -0.2) is 36.3 Å². The molecular formula is C15H23N3O. The van der Waals surface area contributed by atoms with Gasteiger partial charge in [0.25, 0.3) is 0 Å². The molecule has 2 unspecified atom stereocenters. The van der Waals surface area contributed by atoms with Gasteiger partial charge >= 0.3 is 0 Å². The van der Waals surface area contributed by atoms with Gasteiger partial charge in [0, 0.05) is 26.2 Å². The van der Waals surface area contributed by atoms with Crippen LogP contribution in [0, 0.1) is 18.8 Å². The van der Waals surface area contributed by atoms with Crippen LogP contribution in [0.3, 0.4) is 0 Å². The van der Waals surface area contributed by atoms with Gasteiger partial charge < -0.3 is 15.3 Å². The normalized spacial score (nSPS) is 26.8. The summed E-state index contributed by atoms with van der Waals surface area (Å²) in [5, 5.41) is 13.7. The number of fused-ring (bicyclic) bond motifs is 1. The predicted molar refractivity (Wildman–Crippen MR) is 76.3 cm³/mol. The van der Waals surface area contributed by atoms with E-state index in [4.69, 9.17) is 4.98 Å². The fourth-order valence-electron chi connectivity index (χ4n) is 3.36. The topological polar surface area (TPSA) is 48.4 Å². The Morgan fingerprint density at radius 2 is 1.89 bits per heavy atom. The van der Waals surface area contributed by atoms with Gasteiger partial charge in [0.15, 0.2) is 0 Å². The van der Waals surface area contributed by atoms with Gasteiger partial charge in [-0.15, -0.1) is 0 Å². The van der Waals surface area contributed by atoms with Crippen molar-refractivity contribution in [1.82, 2.24) is 10.3 Å². The van der Waals surface area contributed by atoms with Crippen LogP contribution >= 0.6 is 0 Å². The van der Waals surface area contributed by atoms with Crippen LogP contribution in [-0.2, 0) is 5.60 Å². The molecule has 0 radical (unpaired) electrons. The van der Waals surface area contributed by atoms with Crippen molar-refractivity contribution in [2.24, 2.45) is 11.8 Å². The molecule has 2 aliphatic rings. The van der Waals surface area contributed by atoms with Gasteiger partial charge in [-0.2, -0.15) is 0 Å². The molecule has 2 N–H and O–H groups in total. The van der Waals surface area contributed by atoms with Crippen molar-refractivity contribution in [3.8, 4) is 0 Å². The van der Waals surface area contributed by atoms with Gasteiger partial charge in [-0.3, -0.25) is 0 Å². The van der Waals surface area contributed by atoms with Crippen LogP contribution in [0.15, 0.2) is 12.1 Å². The summed E-state index contributed by atoms with van der Waals surface area (Å²) in [7, 11) is 0. The molecular weight excluding hydrogens is 238 g/mol. The molecule has 2 atom stereocenters. The lowest BCUT2D eigenvalue weighted by Crippen LogP contribution is -2.28. The third-order valence-electron chi connectivity index (χ3n) is 4.38. The minimum atomic E-state index is -0.878. The number of pyridine rings is 1. The number of aliphatic hydroxyl groups is 1. The number of hydrogen-bond donors (Lipinski definition) is 2. The van der Waals surface area contributed by atoms with E-state index in [-0.39, 0.29) is 0 Å². The van der Waals surface area contributed by atoms with Gasteiger partial charge in [0.1, 0.15) is 11.4 Å². The number of nitrogens with one attached hydrogen (secondary N) is 1. The standard InChI is InChI=1S/C15H23N3O/c1-10-4-5-13(17-14(10)15(2,3)19)18-8-11-6-16-7-12(11)9-18/h4-5,11-12,16,19H,6-9H2,1-3H3. The molecule has 1 aromatic rings. The molecule has 0 bridgehead atoms. The molecule has 0 spiro atoms. The molecule has 2 fully saturated rings. The number of rotatable bonds is 2. The largest absolute Gasteiger partial charge is 0.384 e. The molecule has 3 rings (SSSR count). The van der Waals surface area contributed by atoms with Crippen molar-refractivity contribution in [2.75, 3.05) is 31.1 Å². The van der Waals surface area contributed by atoms with Gasteiger partial charge in [0.2, 0.25) is 0 Å². The SMILES string of the molecule is Cc1ccc(N2CC3CNCC3C2)nc1C(C)(C)O. The first-order valence-electron chi connectivity index (χ1n) is 7.11. The zero-order valence-electron chi connectivity index (χ0n) is 12.0. The molecule has 0 amide bonds. The average Bonchev–Trinajstić information content (AvgIpc) is 2.88. The Bertz CT molecular complexity index is 469. The van der Waals surface area contributed by atoms with E-state index < -0.39 is 5.60 Å². The zero-order chi connectivity index (χ0) is 13.6. The van der Waals surface area contributed by atoms with Gasteiger partial charge in [-0.25, -0.2) is 4.98 Å². The van der Waals surface area contributed by atoms with Crippen molar-refractivity contribution in [1.29, 1.82) is 0 Å². The molecule has 2 aliphatic heterocycles. The molecule has 0 aromatic carbocycles. The number of aromatic nitrogens is 1. The summed E-state index contributed by atoms with van der Waals surface area (Å²) in [5.74, 6) is 2.53. The Balaban J connectivity index is 1.86. The summed E-state index contributed by atoms with van der Waals surface area (Å²) in [6.07, 6.45) is 0. The Labute approximate surface area is 114 Å². The Kier molecular flexibility index (Phi) is 3.02. The molecule has 4 heteroatoms. The van der Waals surface area contributed by atoms with Crippen molar-refractivity contribution >= 4 is 5.82 Å². The van der Waals surface area contributed by atoms with Crippen molar-refractivity contribution < 1.29 is 5.11 Å². The molecule has 104 valence electrons. The molecule has 3 heterocycles. The average molecular weight is 261 g/mol. The molecule has 0 saturated carbocycles. The quantitative estimate of drug-likeness (QED) is 0.842. The lowest BCUT2D eigenvalue weighted by Gasteiger charge is -2.24. The molecule has 19 heavy (non-hydrogen) atoms. The highest BCUT2D eigenvalue weighted by Crippen LogP contribution is 2.31. The van der Waals surface area contributed by atoms with Gasteiger partial charge in [-0.1, -0.05) is 6.07 Å². The van der Waals surface area contributed by atoms with Crippen molar-refractivity contribution in [3.05, 3.63) is 23.4 Å². The fraction of sp³-hybridized carbons (Fsp3) is 0.667. The highest BCUT2D eigenvalue weighted by molar-refractivity contribution is 5.44. The summed E-state index contributed by atoms with van der Waals surface area (Å²) >= 11 is 0. The Morgan fingerprint density at radius 3 is 2.47 bits per heavy atom. The molecule has 4 nitrogen and oxygen atoms in total. The summed E-state index contributed by atoms with van der Waals surface area (Å²) in [5.41, 5.74) is 0.967. The van der Waals surface area contributed by atoms with Crippen LogP contribution in [0.5, 0.6) is 0 Å². The fourth-order valence-corrected chi connectivity index (χ4v) is 3.36. The second-order valence-corrected chi connectivity index (χ2v) is 6.48. The van der Waals surface area contributed by atoms with E-state index >= 15 is 0 Å². The third-order valence-corrected chi connectivity index (χ3v) is 4.38. The van der Waals surface area contributed by atoms with Gasteiger partial charge in [-0.05, 0) is 44.2 Å². The summed E-state index contributed by atoms with van der Waals surface area (Å²) in [4.78, 5) is 7.07. The van der Waals surface area contributed by atoms with E-state index in [0.29, 0.717) is 0 Å². The van der Waals surface area contributed by atoms with Crippen molar-refractivity contribution in [3.63, 3.8) is 0 Å². The van der Waals surface area contributed by atoms with E-state index in [1.807, 2.05) is 6.92 Å². The lowest BCUT2D eigenvalue weighted by atomic mass is 10.0. The smallest absolute Gasteiger partial charge is 0.128 e. The maximum Gasteiger partial charge on any atom is 0.128 e. The Morgan fingerprint density at radius 1 is 1.26 bits per heavy atom. The number of aryl methyl sites for hydroxylation is 1. The first kappa shape index (κ1) is 12.9. The van der Waals surface area contributed by atoms with E-state index in [0.717, 1.165) is 55.1 Å². The first-order chi connectivity index (χ1) is 8.95. The molecule has 0 aliphatic carbocycles. The molecule has 1 aromatic heterocycles. The lowest BCUT2D eigenvalue weighted by molar-refractivity contribution is 0.0732. The highest BCUT2D eigenvalue weighted by atomic mass is 16.3. The number of nitrogens with zero attached hydrogens (tertiary/aromatic N) is 2. The minimum absolute atomic E-state index is 0.758. The maximum absolute atomic E-state index is 10.2. The van der Waals surface area contributed by atoms with Crippen LogP contribution < -0.4 is 10.2 Å². The van der Waals surface area contributed by atoms with E-state index in [9.17, 15) is 5.11 Å². The summed E-state index contributed by atoms with van der Waals surface area (Å²) < 4.78 is 0. The second-order valence-electron chi connectivity index (χ2n) is 6.48. The van der Waals surface area contributed by atoms with Gasteiger partial charge in [0.05, 0.1) is 5.69 Å². The third kappa shape index (κ3) is 2.35. The first-order valence-corrected chi connectivity index (χ1v) is 7.11.